The van der Waals surface area contributed by atoms with E-state index in [9.17, 15) is 47.9 Å². The zero-order valence-electron chi connectivity index (χ0n) is 88.0. The number of likely N-dealkylation sites (N-methyl/N-ethyl adjacent to an activating group) is 6. The highest BCUT2D eigenvalue weighted by molar-refractivity contribution is 5.84. The summed E-state index contributed by atoms with van der Waals surface area (Å²) in [5.41, 5.74) is 8.24. The number of hydrogen-bond acceptors (Lipinski definition) is 18. The molecule has 0 rings (SSSR count). The minimum atomic E-state index is -0.815. The van der Waals surface area contributed by atoms with Crippen molar-refractivity contribution in [1.29, 1.82) is 0 Å². The zero-order chi connectivity index (χ0) is 99.5. The Labute approximate surface area is 758 Å². The van der Waals surface area contributed by atoms with Crippen LogP contribution < -0.4 is 16.8 Å². The van der Waals surface area contributed by atoms with Gasteiger partial charge in [-0.15, -0.1) is 0 Å². The number of unbranched alkanes of at least 4 members (excludes halogenated alkanes) is 1. The molecule has 736 valence electrons. The van der Waals surface area contributed by atoms with Gasteiger partial charge in [-0.05, 0) is 199 Å². The summed E-state index contributed by atoms with van der Waals surface area (Å²) >= 11 is 0. The van der Waals surface area contributed by atoms with Gasteiger partial charge in [0, 0.05) is 203 Å². The zero-order valence-corrected chi connectivity index (χ0v) is 88.0. The number of nitrogens with one attached hydrogen (secondary N) is 1. The normalized spacial score (nSPS) is 12.9. The Morgan fingerprint density at radius 3 is 0.637 bits per heavy atom. The number of rotatable bonds is 40. The summed E-state index contributed by atoms with van der Waals surface area (Å²) in [6.07, 6.45) is 4.58. The topological polar surface area (TPSA) is 355 Å². The molecular formula is C95H197N15O14. The van der Waals surface area contributed by atoms with E-state index in [2.05, 4.69) is 195 Å². The van der Waals surface area contributed by atoms with Crippen LogP contribution in [0.1, 0.15) is 308 Å². The van der Waals surface area contributed by atoms with Crippen molar-refractivity contribution < 1.29 is 68.4 Å². The van der Waals surface area contributed by atoms with Gasteiger partial charge in [0.25, 0.3) is 0 Å². The van der Waals surface area contributed by atoms with Crippen LogP contribution >= 0.6 is 0 Å². The molecule has 29 nitrogen and oxygen atoms in total. The molecular weight excluding hydrogens is 1580 g/mol. The lowest BCUT2D eigenvalue weighted by Gasteiger charge is -2.35. The Morgan fingerprint density at radius 1 is 0.274 bits per heavy atom. The first-order valence-electron chi connectivity index (χ1n) is 45.3. The first kappa shape index (κ1) is 129. The molecule has 0 saturated carbocycles. The lowest BCUT2D eigenvalue weighted by Crippen LogP contribution is -2.47. The van der Waals surface area contributed by atoms with Crippen molar-refractivity contribution >= 4 is 59.3 Å². The average Bonchev–Trinajstić information content (AvgIpc) is 0.874. The monoisotopic (exact) mass is 1770 g/mol. The number of carbonyl (C=O) groups is 10. The number of amides is 9. The lowest BCUT2D eigenvalue weighted by atomic mass is 9.94. The van der Waals surface area contributed by atoms with E-state index in [0.717, 1.165) is 52.1 Å². The van der Waals surface area contributed by atoms with Crippen molar-refractivity contribution in [2.24, 2.45) is 49.9 Å². The smallest absolute Gasteiger partial charge is 0.312 e. The molecule has 124 heavy (non-hydrogen) atoms. The fourth-order valence-electron chi connectivity index (χ4n) is 10.8. The fourth-order valence-corrected chi connectivity index (χ4v) is 10.8. The summed E-state index contributed by atoms with van der Waals surface area (Å²) < 4.78 is 0. The molecule has 0 saturated heterocycles. The number of urea groups is 1. The molecule has 0 fully saturated rings. The number of carboxylic acids is 2. The SMILES string of the molecule is CN(CCN(CCCC(=O)O)C(=O)C(C)(C)C)C(C)(C)C.CN(CCN(CCCC(N)=O)C(=O)C(C)(C)C)C(C)(C)C.CN(CCN(CCCNC(N)=O)C(=O)C(C)(C)C)C(C)(C)C.CN(CCN(CCO)C(=O)C(C)(C)C)C(C)(C)C.CN(CCN(CCO)C(=O)C(C)(C)C)C(C)(C)C.C[C@@H](CCCCN(CCN(C)C(C)(C)C)C(=O)C(C)(C)C)C(=O)O. The van der Waals surface area contributed by atoms with E-state index in [1.807, 2.05) is 146 Å². The Bertz CT molecular complexity index is 2920. The van der Waals surface area contributed by atoms with Crippen LogP contribution in [0.4, 0.5) is 4.79 Å². The van der Waals surface area contributed by atoms with E-state index >= 15 is 0 Å². The first-order valence-corrected chi connectivity index (χ1v) is 45.3. The highest BCUT2D eigenvalue weighted by Gasteiger charge is 2.35. The summed E-state index contributed by atoms with van der Waals surface area (Å²) in [6.45, 7) is 87.5. The van der Waals surface area contributed by atoms with Crippen LogP contribution in [0.15, 0.2) is 0 Å². The van der Waals surface area contributed by atoms with Gasteiger partial charge in [-0.3, -0.25) is 72.6 Å². The molecule has 9 N–H and O–H groups in total. The van der Waals surface area contributed by atoms with E-state index in [1.54, 1.807) is 21.6 Å². The van der Waals surface area contributed by atoms with Crippen molar-refractivity contribution in [2.75, 3.05) is 180 Å². The van der Waals surface area contributed by atoms with Crippen molar-refractivity contribution in [3.8, 4) is 0 Å². The summed E-state index contributed by atoms with van der Waals surface area (Å²) in [6, 6.07) is -0.527. The average molecular weight is 1770 g/mol. The van der Waals surface area contributed by atoms with E-state index in [0.29, 0.717) is 117 Å². The highest BCUT2D eigenvalue weighted by Crippen LogP contribution is 2.26. The molecule has 0 heterocycles. The molecule has 0 aromatic rings. The van der Waals surface area contributed by atoms with E-state index in [-0.39, 0.29) is 100 Å². The number of primary amides is 2. The summed E-state index contributed by atoms with van der Waals surface area (Å²) in [5, 5.41) is 38.4. The van der Waals surface area contributed by atoms with E-state index < -0.39 is 50.5 Å². The molecule has 0 aliphatic heterocycles. The van der Waals surface area contributed by atoms with Crippen LogP contribution in [-0.2, 0) is 43.2 Å². The van der Waals surface area contributed by atoms with Crippen molar-refractivity contribution in [3.05, 3.63) is 0 Å². The molecule has 29 heteroatoms. The van der Waals surface area contributed by atoms with Gasteiger partial charge >= 0.3 is 18.0 Å². The van der Waals surface area contributed by atoms with Gasteiger partial charge in [-0.1, -0.05) is 138 Å². The van der Waals surface area contributed by atoms with Gasteiger partial charge < -0.3 is 66.6 Å². The van der Waals surface area contributed by atoms with Crippen LogP contribution in [0, 0.1) is 38.4 Å². The Hall–Kier alpha value is -5.82. The molecule has 0 aliphatic carbocycles. The van der Waals surface area contributed by atoms with Gasteiger partial charge in [0.2, 0.25) is 41.4 Å². The Kier molecular flexibility index (Phi) is 60.3. The molecule has 0 bridgehead atoms. The number of carbonyl (C=O) groups excluding carboxylic acids is 8. The molecule has 1 atom stereocenters. The van der Waals surface area contributed by atoms with E-state index in [1.165, 1.54) is 0 Å². The second kappa shape index (κ2) is 58.0. The number of hydrogen-bond donors (Lipinski definition) is 7. The second-order valence-electron chi connectivity index (χ2n) is 45.7. The number of aliphatic hydroxyl groups excluding tert-OH is 2. The van der Waals surface area contributed by atoms with Crippen LogP contribution in [0.25, 0.3) is 0 Å². The molecule has 9 amide bonds. The number of aliphatic hydroxyl groups is 2. The maximum Gasteiger partial charge on any atom is 0.312 e. The van der Waals surface area contributed by atoms with Gasteiger partial charge in [0.05, 0.1) is 19.1 Å². The standard InChI is InChI=1S/C19H38N2O3.C16H34N4O2.C16H33N3O2.C16H32N2O3.2C14H30N2O2/c1-15(16(22)23)11-9-10-12-21(17(24)18(2,3)4)14-13-20(8)19(5,6)7;1-15(2,3)13(21)20(10-8-9-18-14(17)22)12-11-19(7)16(4,5)6;1-15(2,3)14(21)19(10-8-9-13(17)20)12-11-18(7)16(4,5)6;1-15(2,3)14(21)18(10-8-9-13(19)20)12-11-17(7)16(4,5)6;2*1-13(2,3)12(18)16(10-11-17)9-8-15(7)14(4,5)6/h15H,9-14H2,1-8H3,(H,22,23);8-12H2,1-7H3,(H3,17,18,22);8-12H2,1-7H3,(H2,17,20);8-12H2,1-7H3,(H,19,20);2*17H,8-11H2,1-7H3/t15-;;;;;/m0...../s1. The summed E-state index contributed by atoms with van der Waals surface area (Å²) in [5.74, 6) is -1.50. The molecule has 0 aromatic carbocycles. The van der Waals surface area contributed by atoms with Crippen molar-refractivity contribution in [3.63, 3.8) is 0 Å². The van der Waals surface area contributed by atoms with Crippen LogP contribution in [0.5, 0.6) is 0 Å². The van der Waals surface area contributed by atoms with Crippen molar-refractivity contribution in [2.45, 2.75) is 341 Å². The predicted octanol–water partition coefficient (Wildman–Crippen LogP) is 12.6. The minimum Gasteiger partial charge on any atom is -0.481 e. The van der Waals surface area contributed by atoms with Gasteiger partial charge in [-0.2, -0.15) is 0 Å². The van der Waals surface area contributed by atoms with Crippen LogP contribution in [0.2, 0.25) is 0 Å². The van der Waals surface area contributed by atoms with Gasteiger partial charge in [0.1, 0.15) is 0 Å². The molecule has 0 aliphatic rings. The fraction of sp³-hybridized carbons (Fsp3) is 0.895. The third-order valence-corrected chi connectivity index (χ3v) is 21.7. The third kappa shape index (κ3) is 63.2. The molecule has 0 spiro atoms. The first-order chi connectivity index (χ1) is 55.3. The Morgan fingerprint density at radius 2 is 0.468 bits per heavy atom. The largest absolute Gasteiger partial charge is 0.481 e. The number of aliphatic carboxylic acids is 2. The maximum absolute atomic E-state index is 12.7. The van der Waals surface area contributed by atoms with Crippen LogP contribution in [-0.4, -0.2) is 352 Å². The molecule has 0 aromatic heterocycles. The van der Waals surface area contributed by atoms with Gasteiger partial charge in [-0.25, -0.2) is 4.79 Å². The van der Waals surface area contributed by atoms with E-state index in [4.69, 9.17) is 31.9 Å². The minimum absolute atomic E-state index is 0.0149. The number of carboxylic acid groups (broad SMARTS) is 2. The van der Waals surface area contributed by atoms with Gasteiger partial charge in [0.15, 0.2) is 0 Å². The number of nitrogens with two attached hydrogens (primary N) is 2. The summed E-state index contributed by atoms with van der Waals surface area (Å²) in [4.78, 5) is 142. The quantitative estimate of drug-likeness (QED) is 0.0280. The van der Waals surface area contributed by atoms with Crippen molar-refractivity contribution in [1.82, 2.24) is 64.1 Å². The maximum atomic E-state index is 12.7. The highest BCUT2D eigenvalue weighted by atomic mass is 16.4. The van der Waals surface area contributed by atoms with Crippen LogP contribution in [0.3, 0.4) is 0 Å². The lowest BCUT2D eigenvalue weighted by molar-refractivity contribution is -0.142. The third-order valence-electron chi connectivity index (χ3n) is 21.7. The predicted molar refractivity (Wildman–Crippen MR) is 513 cm³/mol. The second-order valence-corrected chi connectivity index (χ2v) is 45.7. The summed E-state index contributed by atoms with van der Waals surface area (Å²) in [7, 11) is 12.3. The Balaban J connectivity index is -0.000000338. The molecule has 0 unspecified atom stereocenters. The number of nitrogens with zero attached hydrogens (tertiary/aromatic N) is 12. The molecule has 0 radical (unpaired) electrons.